The van der Waals surface area contributed by atoms with E-state index in [1.165, 1.54) is 5.01 Å². The molecule has 0 saturated carbocycles. The Hall–Kier alpha value is -3.60. The van der Waals surface area contributed by atoms with Crippen LogP contribution in [0.1, 0.15) is 5.89 Å². The number of benzene rings is 2. The van der Waals surface area contributed by atoms with Gasteiger partial charge in [0.15, 0.2) is 12.1 Å². The largest absolute Gasteiger partial charge is 0.497 e. The fourth-order valence-corrected chi connectivity index (χ4v) is 3.94. The summed E-state index contributed by atoms with van der Waals surface area (Å²) >= 11 is 3.41. The van der Waals surface area contributed by atoms with Crippen molar-refractivity contribution in [2.75, 3.05) is 12.0 Å². The maximum absolute atomic E-state index is 13.1. The Balaban J connectivity index is 1.35. The Labute approximate surface area is 184 Å². The van der Waals surface area contributed by atoms with Crippen molar-refractivity contribution in [3.8, 4) is 17.1 Å². The zero-order valence-corrected chi connectivity index (χ0v) is 17.8. The Morgan fingerprint density at radius 1 is 1.13 bits per heavy atom. The molecule has 0 bridgehead atoms. The standard InChI is InChI=1S/C20H15BrN6O4/c1-30-14-7-5-13(6-8-14)27-19(28)16-17(20(27)29)26(25-23-16)10-15-22-18(24-31-15)11-3-2-4-12(21)9-11/h2-9,16-17H,10H2,1H3/t16-,17-/m1/s1. The van der Waals surface area contributed by atoms with Gasteiger partial charge in [-0.3, -0.25) is 14.6 Å². The number of hydrogen-bond acceptors (Lipinski definition) is 9. The Morgan fingerprint density at radius 3 is 2.68 bits per heavy atom. The van der Waals surface area contributed by atoms with Crippen LogP contribution in [0, 0.1) is 0 Å². The summed E-state index contributed by atoms with van der Waals surface area (Å²) in [5.41, 5.74) is 1.23. The van der Waals surface area contributed by atoms with E-state index in [0.717, 1.165) is 14.9 Å². The van der Waals surface area contributed by atoms with Gasteiger partial charge in [-0.05, 0) is 36.4 Å². The highest BCUT2D eigenvalue weighted by molar-refractivity contribution is 9.10. The molecular formula is C20H15BrN6O4. The second-order valence-corrected chi connectivity index (χ2v) is 7.84. The Morgan fingerprint density at radius 2 is 1.94 bits per heavy atom. The van der Waals surface area contributed by atoms with E-state index in [1.54, 1.807) is 31.4 Å². The average molecular weight is 483 g/mol. The van der Waals surface area contributed by atoms with Gasteiger partial charge in [0.2, 0.25) is 11.7 Å². The van der Waals surface area contributed by atoms with Crippen LogP contribution in [0.2, 0.25) is 0 Å². The minimum atomic E-state index is -0.901. The van der Waals surface area contributed by atoms with Crippen LogP contribution in [0.15, 0.2) is 67.9 Å². The molecule has 0 aliphatic carbocycles. The van der Waals surface area contributed by atoms with Gasteiger partial charge in [0.1, 0.15) is 12.3 Å². The molecule has 156 valence electrons. The first-order chi connectivity index (χ1) is 15.0. The minimum Gasteiger partial charge on any atom is -0.497 e. The number of anilines is 1. The number of hydrogen-bond donors (Lipinski definition) is 0. The molecule has 2 aliphatic heterocycles. The molecule has 1 fully saturated rings. The molecular weight excluding hydrogens is 468 g/mol. The van der Waals surface area contributed by atoms with E-state index < -0.39 is 23.9 Å². The third-order valence-electron chi connectivity index (χ3n) is 5.04. The molecule has 3 aromatic rings. The highest BCUT2D eigenvalue weighted by Gasteiger charge is 2.55. The first kappa shape index (κ1) is 19.4. The lowest BCUT2D eigenvalue weighted by atomic mass is 10.1. The van der Waals surface area contributed by atoms with Crippen molar-refractivity contribution < 1.29 is 18.8 Å². The summed E-state index contributed by atoms with van der Waals surface area (Å²) in [7, 11) is 1.55. The van der Waals surface area contributed by atoms with Crippen LogP contribution < -0.4 is 9.64 Å². The summed E-state index contributed by atoms with van der Waals surface area (Å²) < 4.78 is 11.3. The highest BCUT2D eigenvalue weighted by atomic mass is 79.9. The van der Waals surface area contributed by atoms with Gasteiger partial charge < -0.3 is 9.26 Å². The predicted molar refractivity (Wildman–Crippen MR) is 111 cm³/mol. The molecule has 0 radical (unpaired) electrons. The van der Waals surface area contributed by atoms with Crippen LogP contribution in [0.5, 0.6) is 5.75 Å². The summed E-state index contributed by atoms with van der Waals surface area (Å²) in [5, 5.41) is 13.4. The van der Waals surface area contributed by atoms with Crippen LogP contribution in [0.3, 0.4) is 0 Å². The number of imide groups is 1. The van der Waals surface area contributed by atoms with E-state index in [2.05, 4.69) is 36.4 Å². The maximum Gasteiger partial charge on any atom is 0.263 e. The number of fused-ring (bicyclic) bond motifs is 1. The van der Waals surface area contributed by atoms with Crippen molar-refractivity contribution in [2.24, 2.45) is 10.3 Å². The number of methoxy groups -OCH3 is 1. The number of carbonyl (C=O) groups is 2. The molecule has 2 amide bonds. The van der Waals surface area contributed by atoms with Crippen LogP contribution >= 0.6 is 15.9 Å². The number of amides is 2. The fourth-order valence-electron chi connectivity index (χ4n) is 3.54. The second kappa shape index (κ2) is 7.58. The van der Waals surface area contributed by atoms with Crippen LogP contribution in [0.4, 0.5) is 5.69 Å². The van der Waals surface area contributed by atoms with Crippen molar-refractivity contribution >= 4 is 33.4 Å². The topological polar surface area (TPSA) is 113 Å². The third kappa shape index (κ3) is 3.36. The van der Waals surface area contributed by atoms with Crippen molar-refractivity contribution in [3.05, 3.63) is 58.9 Å². The Bertz CT molecular complexity index is 1190. The predicted octanol–water partition coefficient (Wildman–Crippen LogP) is 3.00. The van der Waals surface area contributed by atoms with Gasteiger partial charge in [0, 0.05) is 10.0 Å². The SMILES string of the molecule is COc1ccc(N2C(=O)[C@@H]3N=NN(Cc4nc(-c5cccc(Br)c5)no4)[C@H]3C2=O)cc1. The third-order valence-corrected chi connectivity index (χ3v) is 5.53. The van der Waals surface area contributed by atoms with Gasteiger partial charge >= 0.3 is 0 Å². The zero-order chi connectivity index (χ0) is 21.5. The number of carbonyl (C=O) groups excluding carboxylic acids is 2. The van der Waals surface area contributed by atoms with E-state index in [4.69, 9.17) is 9.26 Å². The molecule has 0 unspecified atom stereocenters. The summed E-state index contributed by atoms with van der Waals surface area (Å²) in [4.78, 5) is 31.4. The van der Waals surface area contributed by atoms with E-state index in [-0.39, 0.29) is 12.4 Å². The summed E-state index contributed by atoms with van der Waals surface area (Å²) in [6.45, 7) is 0.0567. The van der Waals surface area contributed by atoms with Crippen LogP contribution in [0.25, 0.3) is 11.4 Å². The average Bonchev–Trinajstić information content (AvgIpc) is 3.47. The molecule has 11 heteroatoms. The van der Waals surface area contributed by atoms with Crippen molar-refractivity contribution in [3.63, 3.8) is 0 Å². The van der Waals surface area contributed by atoms with Crippen molar-refractivity contribution in [1.29, 1.82) is 0 Å². The molecule has 2 aromatic carbocycles. The molecule has 2 atom stereocenters. The smallest absolute Gasteiger partial charge is 0.263 e. The molecule has 5 rings (SSSR count). The van der Waals surface area contributed by atoms with Gasteiger partial charge in [0.05, 0.1) is 12.8 Å². The first-order valence-electron chi connectivity index (χ1n) is 9.33. The minimum absolute atomic E-state index is 0.0567. The first-order valence-corrected chi connectivity index (χ1v) is 10.1. The molecule has 1 aromatic heterocycles. The zero-order valence-electron chi connectivity index (χ0n) is 16.2. The maximum atomic E-state index is 13.1. The summed E-state index contributed by atoms with van der Waals surface area (Å²) in [5.74, 6) is 0.473. The van der Waals surface area contributed by atoms with Crippen molar-refractivity contribution in [2.45, 2.75) is 18.6 Å². The van der Waals surface area contributed by atoms with Gasteiger partial charge in [-0.2, -0.15) is 10.1 Å². The van der Waals surface area contributed by atoms with Gasteiger partial charge in [0.25, 0.3) is 11.8 Å². The van der Waals surface area contributed by atoms with Crippen LogP contribution in [-0.2, 0) is 16.1 Å². The second-order valence-electron chi connectivity index (χ2n) is 6.92. The van der Waals surface area contributed by atoms with Crippen molar-refractivity contribution in [1.82, 2.24) is 15.1 Å². The molecule has 2 aliphatic rings. The number of halogens is 1. The fraction of sp³-hybridized carbons (Fsp3) is 0.200. The number of aromatic nitrogens is 2. The van der Waals surface area contributed by atoms with Gasteiger partial charge in [-0.15, -0.1) is 0 Å². The number of ether oxygens (including phenoxy) is 1. The van der Waals surface area contributed by atoms with Crippen LogP contribution in [-0.4, -0.2) is 46.2 Å². The lowest BCUT2D eigenvalue weighted by molar-refractivity contribution is -0.123. The lowest BCUT2D eigenvalue weighted by Crippen LogP contribution is -2.39. The Kier molecular flexibility index (Phi) is 4.74. The molecule has 31 heavy (non-hydrogen) atoms. The highest BCUT2D eigenvalue weighted by Crippen LogP contribution is 2.33. The molecule has 1 saturated heterocycles. The normalized spacial score (nSPS) is 19.9. The van der Waals surface area contributed by atoms with E-state index >= 15 is 0 Å². The lowest BCUT2D eigenvalue weighted by Gasteiger charge is -2.19. The number of nitrogens with zero attached hydrogens (tertiary/aromatic N) is 6. The summed E-state index contributed by atoms with van der Waals surface area (Å²) in [6, 6.07) is 12.4. The molecule has 0 N–H and O–H groups in total. The van der Waals surface area contributed by atoms with E-state index in [0.29, 0.717) is 17.3 Å². The van der Waals surface area contributed by atoms with E-state index in [9.17, 15) is 9.59 Å². The summed E-state index contributed by atoms with van der Waals surface area (Å²) in [6.07, 6.45) is 0. The molecule has 0 spiro atoms. The quantitative estimate of drug-likeness (QED) is 0.513. The molecule has 3 heterocycles. The number of rotatable bonds is 5. The van der Waals surface area contributed by atoms with Gasteiger partial charge in [-0.25, -0.2) is 4.90 Å². The van der Waals surface area contributed by atoms with E-state index in [1.807, 2.05) is 24.3 Å². The monoisotopic (exact) mass is 482 g/mol. The van der Waals surface area contributed by atoms with Gasteiger partial charge in [-0.1, -0.05) is 38.4 Å². The molecule has 10 nitrogen and oxygen atoms in total.